The highest BCUT2D eigenvalue weighted by Gasteiger charge is 2.58. The van der Waals surface area contributed by atoms with Gasteiger partial charge in [0.15, 0.2) is 0 Å². The number of aliphatic hydroxyl groups is 1. The smallest absolute Gasteiger partial charge is 0.396 e. The van der Waals surface area contributed by atoms with Crippen molar-refractivity contribution in [1.82, 2.24) is 0 Å². The van der Waals surface area contributed by atoms with Gasteiger partial charge in [-0.15, -0.1) is 0 Å². The molecular weight excluding hydrogens is 204 g/mol. The number of halogens is 4. The Morgan fingerprint density at radius 3 is 1.83 bits per heavy atom. The Hall–Kier alpha value is -0.370. The highest BCUT2D eigenvalue weighted by Crippen LogP contribution is 2.37. The SMILES string of the molecule is O=[SH](=O)C(F)(F)C(F)(F)CCO. The molecule has 0 radical (unpaired) electrons. The molecule has 0 aromatic rings. The summed E-state index contributed by atoms with van der Waals surface area (Å²) >= 11 is 0. The Kier molecular flexibility index (Phi) is 3.45. The first-order valence-electron chi connectivity index (χ1n) is 2.76. The van der Waals surface area contributed by atoms with Crippen molar-refractivity contribution in [3.8, 4) is 0 Å². The standard InChI is InChI=1S/C4H6F4O3S/c5-3(6,1-2-9)4(7,8)12(10)11/h9,12H,1-2H2. The van der Waals surface area contributed by atoms with Gasteiger partial charge >= 0.3 is 11.2 Å². The van der Waals surface area contributed by atoms with Crippen LogP contribution in [0.5, 0.6) is 0 Å². The topological polar surface area (TPSA) is 54.4 Å². The van der Waals surface area contributed by atoms with Crippen LogP contribution in [0.15, 0.2) is 0 Å². The van der Waals surface area contributed by atoms with E-state index in [0.717, 1.165) is 0 Å². The number of aliphatic hydroxyl groups excluding tert-OH is 1. The molecule has 12 heavy (non-hydrogen) atoms. The minimum Gasteiger partial charge on any atom is -0.396 e. The first-order valence-corrected chi connectivity index (χ1v) is 3.94. The highest BCUT2D eigenvalue weighted by atomic mass is 32.2. The molecule has 0 saturated carbocycles. The summed E-state index contributed by atoms with van der Waals surface area (Å²) in [6.07, 6.45) is -1.58. The first-order chi connectivity index (χ1) is 5.25. The number of hydrogen-bond acceptors (Lipinski definition) is 3. The van der Waals surface area contributed by atoms with Crippen LogP contribution in [-0.4, -0.2) is 31.3 Å². The summed E-state index contributed by atoms with van der Waals surface area (Å²) in [5.41, 5.74) is 0. The second-order valence-corrected chi connectivity index (χ2v) is 3.05. The predicted molar refractivity (Wildman–Crippen MR) is 31.9 cm³/mol. The van der Waals surface area contributed by atoms with Crippen LogP contribution in [-0.2, 0) is 10.7 Å². The Bertz CT molecular complexity index is 216. The van der Waals surface area contributed by atoms with Crippen molar-refractivity contribution < 1.29 is 31.1 Å². The van der Waals surface area contributed by atoms with Gasteiger partial charge in [-0.2, -0.15) is 17.6 Å². The van der Waals surface area contributed by atoms with Crippen LogP contribution >= 0.6 is 0 Å². The molecule has 0 heterocycles. The van der Waals surface area contributed by atoms with Gasteiger partial charge in [0.05, 0.1) is 0 Å². The molecule has 0 aliphatic rings. The summed E-state index contributed by atoms with van der Waals surface area (Å²) in [6, 6.07) is 0. The molecule has 0 unspecified atom stereocenters. The van der Waals surface area contributed by atoms with E-state index in [1.54, 1.807) is 0 Å². The van der Waals surface area contributed by atoms with Crippen molar-refractivity contribution in [2.24, 2.45) is 0 Å². The van der Waals surface area contributed by atoms with E-state index < -0.39 is 34.9 Å². The minimum atomic E-state index is -5.09. The fourth-order valence-electron chi connectivity index (χ4n) is 0.424. The maximum atomic E-state index is 12.2. The fraction of sp³-hybridized carbons (Fsp3) is 1.00. The molecule has 0 spiro atoms. The van der Waals surface area contributed by atoms with Gasteiger partial charge in [-0.25, -0.2) is 8.42 Å². The second kappa shape index (κ2) is 3.56. The molecule has 0 bridgehead atoms. The van der Waals surface area contributed by atoms with E-state index in [0.29, 0.717) is 0 Å². The van der Waals surface area contributed by atoms with Crippen LogP contribution in [0.2, 0.25) is 0 Å². The molecule has 0 aliphatic heterocycles. The van der Waals surface area contributed by atoms with Crippen LogP contribution in [0.25, 0.3) is 0 Å². The molecule has 74 valence electrons. The predicted octanol–water partition coefficient (Wildman–Crippen LogP) is 0.208. The minimum absolute atomic E-state index is 1.20. The van der Waals surface area contributed by atoms with Gasteiger partial charge < -0.3 is 5.11 Å². The van der Waals surface area contributed by atoms with Crippen LogP contribution in [0.3, 0.4) is 0 Å². The van der Waals surface area contributed by atoms with Gasteiger partial charge in [0, 0.05) is 13.0 Å². The van der Waals surface area contributed by atoms with Gasteiger partial charge in [0.25, 0.3) is 0 Å². The molecule has 0 aromatic carbocycles. The largest absolute Gasteiger partial charge is 0.404 e. The van der Waals surface area contributed by atoms with Crippen LogP contribution in [0, 0.1) is 0 Å². The monoisotopic (exact) mass is 210 g/mol. The van der Waals surface area contributed by atoms with Crippen molar-refractivity contribution >= 4 is 10.7 Å². The van der Waals surface area contributed by atoms with E-state index in [1.165, 1.54) is 0 Å². The number of rotatable bonds is 4. The van der Waals surface area contributed by atoms with Crippen molar-refractivity contribution in [3.63, 3.8) is 0 Å². The third-order valence-electron chi connectivity index (χ3n) is 1.10. The Morgan fingerprint density at radius 2 is 1.58 bits per heavy atom. The molecule has 0 saturated heterocycles. The van der Waals surface area contributed by atoms with E-state index in [-0.39, 0.29) is 0 Å². The van der Waals surface area contributed by atoms with Crippen molar-refractivity contribution in [2.45, 2.75) is 17.6 Å². The van der Waals surface area contributed by atoms with E-state index in [1.807, 2.05) is 0 Å². The lowest BCUT2D eigenvalue weighted by atomic mass is 10.2. The van der Waals surface area contributed by atoms with Gasteiger partial charge in [-0.1, -0.05) is 0 Å². The number of alkyl halides is 4. The average molecular weight is 210 g/mol. The zero-order valence-corrected chi connectivity index (χ0v) is 6.53. The number of hydrogen-bond donors (Lipinski definition) is 2. The summed E-state index contributed by atoms with van der Waals surface area (Å²) in [6.45, 7) is -1.20. The molecule has 0 atom stereocenters. The summed E-state index contributed by atoms with van der Waals surface area (Å²) in [5.74, 6) is -4.71. The van der Waals surface area contributed by atoms with Gasteiger partial charge in [0.1, 0.15) is 0 Å². The molecular formula is C4H6F4O3S. The summed E-state index contributed by atoms with van der Waals surface area (Å²) < 4.78 is 67.8. The van der Waals surface area contributed by atoms with E-state index in [2.05, 4.69) is 0 Å². The molecule has 0 fully saturated rings. The second-order valence-electron chi connectivity index (χ2n) is 1.98. The third kappa shape index (κ3) is 2.07. The zero-order valence-electron chi connectivity index (χ0n) is 5.64. The first kappa shape index (κ1) is 11.6. The molecule has 3 nitrogen and oxygen atoms in total. The van der Waals surface area contributed by atoms with Crippen LogP contribution < -0.4 is 0 Å². The Labute approximate surface area is 66.9 Å². The van der Waals surface area contributed by atoms with Gasteiger partial charge in [-0.3, -0.25) is 0 Å². The Morgan fingerprint density at radius 1 is 1.17 bits per heavy atom. The molecule has 0 amide bonds. The lowest BCUT2D eigenvalue weighted by Gasteiger charge is -2.20. The van der Waals surface area contributed by atoms with Gasteiger partial charge in [-0.05, 0) is 0 Å². The maximum Gasteiger partial charge on any atom is 0.404 e. The zero-order chi connectivity index (χ0) is 9.99. The molecule has 1 N–H and O–H groups in total. The van der Waals surface area contributed by atoms with Gasteiger partial charge in [0.2, 0.25) is 10.7 Å². The van der Waals surface area contributed by atoms with Crippen molar-refractivity contribution in [1.29, 1.82) is 0 Å². The molecule has 0 aromatic heterocycles. The van der Waals surface area contributed by atoms with E-state index >= 15 is 0 Å². The van der Waals surface area contributed by atoms with E-state index in [4.69, 9.17) is 5.11 Å². The van der Waals surface area contributed by atoms with Crippen LogP contribution in [0.1, 0.15) is 6.42 Å². The number of thiol groups is 1. The lowest BCUT2D eigenvalue weighted by molar-refractivity contribution is -0.163. The summed E-state index contributed by atoms with van der Waals surface area (Å²) in [4.78, 5) is 0. The fourth-order valence-corrected chi connectivity index (χ4v) is 0.803. The Balaban J connectivity index is 4.74. The van der Waals surface area contributed by atoms with E-state index in [9.17, 15) is 26.0 Å². The summed E-state index contributed by atoms with van der Waals surface area (Å²) in [7, 11) is -4.54. The average Bonchev–Trinajstić information content (AvgIpc) is 1.86. The van der Waals surface area contributed by atoms with Crippen molar-refractivity contribution in [3.05, 3.63) is 0 Å². The molecule has 0 rings (SSSR count). The third-order valence-corrected chi connectivity index (χ3v) is 1.88. The van der Waals surface area contributed by atoms with Crippen LogP contribution in [0.4, 0.5) is 17.6 Å². The quantitative estimate of drug-likeness (QED) is 0.515. The molecule has 8 heteroatoms. The normalized spacial score (nSPS) is 13.8. The lowest BCUT2D eigenvalue weighted by Crippen LogP contribution is -2.42. The summed E-state index contributed by atoms with van der Waals surface area (Å²) in [5, 5.41) is 2.84. The maximum absolute atomic E-state index is 12.2. The van der Waals surface area contributed by atoms with Crippen molar-refractivity contribution in [2.75, 3.05) is 6.61 Å². The molecule has 0 aliphatic carbocycles. The highest BCUT2D eigenvalue weighted by molar-refractivity contribution is 7.73.